The molecule has 2 aromatic rings. The smallest absolute Gasteiger partial charge is 0.327 e. The zero-order valence-corrected chi connectivity index (χ0v) is 19.3. The number of hydrogen-bond donors (Lipinski definition) is 0. The number of carbonyl (C=O) groups is 2. The first-order valence-corrected chi connectivity index (χ1v) is 11.5. The molecular formula is C22H29N3O5S. The van der Waals surface area contributed by atoms with Crippen LogP contribution in [-0.4, -0.2) is 65.7 Å². The van der Waals surface area contributed by atoms with Crippen LogP contribution in [0.4, 0.5) is 11.4 Å². The zero-order chi connectivity index (χ0) is 23.2. The van der Waals surface area contributed by atoms with E-state index in [-0.39, 0.29) is 5.91 Å². The molecule has 2 aromatic carbocycles. The standard InChI is InChI=1S/C22H29N3O5S/c1-17-8-6-7-9-20(17)25(31(5,28)29)15-22(27)30-16-21(26)24(4)14-18-10-12-19(13-11-18)23(2)3/h6-13H,14-16H2,1-5H3. The first kappa shape index (κ1) is 24.2. The Kier molecular flexibility index (Phi) is 8.04. The summed E-state index contributed by atoms with van der Waals surface area (Å²) < 4.78 is 30.4. The molecule has 9 heteroatoms. The number of esters is 1. The number of likely N-dealkylation sites (N-methyl/N-ethyl adjacent to an activating group) is 1. The van der Waals surface area contributed by atoms with E-state index >= 15 is 0 Å². The molecule has 0 N–H and O–H groups in total. The molecular weight excluding hydrogens is 418 g/mol. The fraction of sp³-hybridized carbons (Fsp3) is 0.364. The Labute approximate surface area is 184 Å². The van der Waals surface area contributed by atoms with Gasteiger partial charge in [0.2, 0.25) is 10.0 Å². The number of benzene rings is 2. The van der Waals surface area contributed by atoms with Crippen LogP contribution in [0.3, 0.4) is 0 Å². The highest BCUT2D eigenvalue weighted by atomic mass is 32.2. The van der Waals surface area contributed by atoms with Crippen LogP contribution in [0.25, 0.3) is 0 Å². The van der Waals surface area contributed by atoms with E-state index in [2.05, 4.69) is 0 Å². The van der Waals surface area contributed by atoms with E-state index in [1.807, 2.05) is 43.3 Å². The van der Waals surface area contributed by atoms with Crippen molar-refractivity contribution < 1.29 is 22.7 Å². The first-order chi connectivity index (χ1) is 14.5. The second-order valence-corrected chi connectivity index (χ2v) is 9.43. The van der Waals surface area contributed by atoms with Crippen LogP contribution in [0.15, 0.2) is 48.5 Å². The van der Waals surface area contributed by atoms with Crippen LogP contribution in [0.5, 0.6) is 0 Å². The van der Waals surface area contributed by atoms with Gasteiger partial charge in [0, 0.05) is 33.4 Å². The molecule has 0 saturated heterocycles. The van der Waals surface area contributed by atoms with Crippen molar-refractivity contribution in [1.29, 1.82) is 0 Å². The average Bonchev–Trinajstić information content (AvgIpc) is 2.70. The maximum Gasteiger partial charge on any atom is 0.327 e. The molecule has 0 radical (unpaired) electrons. The summed E-state index contributed by atoms with van der Waals surface area (Å²) in [6.07, 6.45) is 1.02. The van der Waals surface area contributed by atoms with Gasteiger partial charge in [0.15, 0.2) is 6.61 Å². The van der Waals surface area contributed by atoms with Crippen molar-refractivity contribution in [2.75, 3.05) is 49.8 Å². The summed E-state index contributed by atoms with van der Waals surface area (Å²) in [6.45, 7) is 1.15. The lowest BCUT2D eigenvalue weighted by Crippen LogP contribution is -2.38. The van der Waals surface area contributed by atoms with Gasteiger partial charge in [-0.1, -0.05) is 30.3 Å². The summed E-state index contributed by atoms with van der Waals surface area (Å²) in [5, 5.41) is 0. The molecule has 0 bridgehead atoms. The fourth-order valence-corrected chi connectivity index (χ4v) is 3.80. The molecule has 0 spiro atoms. The van der Waals surface area contributed by atoms with Crippen LogP contribution in [0, 0.1) is 6.92 Å². The Bertz CT molecular complexity index is 1020. The fourth-order valence-electron chi connectivity index (χ4n) is 2.90. The van der Waals surface area contributed by atoms with Crippen LogP contribution < -0.4 is 9.21 Å². The SMILES string of the molecule is Cc1ccccc1N(CC(=O)OCC(=O)N(C)Cc1ccc(N(C)C)cc1)S(C)(=O)=O. The number of anilines is 2. The number of ether oxygens (including phenoxy) is 1. The van der Waals surface area contributed by atoms with Crippen LogP contribution in [0.1, 0.15) is 11.1 Å². The van der Waals surface area contributed by atoms with Crippen molar-refractivity contribution in [3.63, 3.8) is 0 Å². The van der Waals surface area contributed by atoms with Crippen molar-refractivity contribution in [3.05, 3.63) is 59.7 Å². The molecule has 1 amide bonds. The molecule has 0 saturated carbocycles. The molecule has 0 fully saturated rings. The van der Waals surface area contributed by atoms with Gasteiger partial charge in [0.25, 0.3) is 5.91 Å². The molecule has 8 nitrogen and oxygen atoms in total. The molecule has 0 unspecified atom stereocenters. The number of aryl methyl sites for hydroxylation is 1. The molecule has 168 valence electrons. The predicted molar refractivity (Wildman–Crippen MR) is 122 cm³/mol. The number of para-hydroxylation sites is 1. The molecule has 0 aliphatic heterocycles. The second-order valence-electron chi connectivity index (χ2n) is 7.53. The Morgan fingerprint density at radius 2 is 1.58 bits per heavy atom. The highest BCUT2D eigenvalue weighted by Crippen LogP contribution is 2.21. The highest BCUT2D eigenvalue weighted by molar-refractivity contribution is 7.92. The number of sulfonamides is 1. The third kappa shape index (κ3) is 6.99. The Balaban J connectivity index is 1.94. The molecule has 2 rings (SSSR count). The number of amides is 1. The lowest BCUT2D eigenvalue weighted by Gasteiger charge is -2.23. The quantitative estimate of drug-likeness (QED) is 0.547. The zero-order valence-electron chi connectivity index (χ0n) is 18.5. The van der Waals surface area contributed by atoms with E-state index in [1.54, 1.807) is 38.2 Å². The van der Waals surface area contributed by atoms with Gasteiger partial charge in [0.05, 0.1) is 11.9 Å². The van der Waals surface area contributed by atoms with Crippen molar-refractivity contribution in [2.45, 2.75) is 13.5 Å². The monoisotopic (exact) mass is 447 g/mol. The summed E-state index contributed by atoms with van der Waals surface area (Å²) >= 11 is 0. The van der Waals surface area contributed by atoms with Crippen molar-refractivity contribution in [3.8, 4) is 0 Å². The van der Waals surface area contributed by atoms with Gasteiger partial charge in [-0.15, -0.1) is 0 Å². The van der Waals surface area contributed by atoms with E-state index in [0.717, 1.165) is 21.8 Å². The van der Waals surface area contributed by atoms with E-state index in [4.69, 9.17) is 4.74 Å². The molecule has 0 aliphatic carbocycles. The minimum absolute atomic E-state index is 0.364. The lowest BCUT2D eigenvalue weighted by molar-refractivity contribution is -0.150. The Morgan fingerprint density at radius 3 is 2.13 bits per heavy atom. The number of hydrogen-bond acceptors (Lipinski definition) is 6. The summed E-state index contributed by atoms with van der Waals surface area (Å²) in [4.78, 5) is 28.0. The Morgan fingerprint density at radius 1 is 0.968 bits per heavy atom. The van der Waals surface area contributed by atoms with Gasteiger partial charge in [-0.2, -0.15) is 0 Å². The van der Waals surface area contributed by atoms with E-state index < -0.39 is 29.1 Å². The minimum atomic E-state index is -3.71. The largest absolute Gasteiger partial charge is 0.454 e. The van der Waals surface area contributed by atoms with Gasteiger partial charge in [-0.05, 0) is 36.2 Å². The van der Waals surface area contributed by atoms with E-state index in [0.29, 0.717) is 17.8 Å². The van der Waals surface area contributed by atoms with Gasteiger partial charge in [0.1, 0.15) is 6.54 Å². The topological polar surface area (TPSA) is 87.2 Å². The number of carbonyl (C=O) groups excluding carboxylic acids is 2. The van der Waals surface area contributed by atoms with Crippen molar-refractivity contribution >= 4 is 33.3 Å². The number of rotatable bonds is 9. The third-order valence-corrected chi connectivity index (χ3v) is 5.84. The highest BCUT2D eigenvalue weighted by Gasteiger charge is 2.23. The lowest BCUT2D eigenvalue weighted by atomic mass is 10.2. The molecule has 0 atom stereocenters. The van der Waals surface area contributed by atoms with Gasteiger partial charge in [-0.25, -0.2) is 8.42 Å². The molecule has 31 heavy (non-hydrogen) atoms. The minimum Gasteiger partial charge on any atom is -0.454 e. The van der Waals surface area contributed by atoms with E-state index in [1.165, 1.54) is 4.90 Å². The Hall–Kier alpha value is -3.07. The van der Waals surface area contributed by atoms with Gasteiger partial charge in [-0.3, -0.25) is 13.9 Å². The maximum absolute atomic E-state index is 12.3. The molecule has 0 heterocycles. The summed E-state index contributed by atoms with van der Waals surface area (Å²) in [5.41, 5.74) is 3.09. The number of nitrogens with zero attached hydrogens (tertiary/aromatic N) is 3. The van der Waals surface area contributed by atoms with Crippen molar-refractivity contribution in [1.82, 2.24) is 4.90 Å². The van der Waals surface area contributed by atoms with Crippen molar-refractivity contribution in [2.24, 2.45) is 0 Å². The van der Waals surface area contributed by atoms with Crippen LogP contribution >= 0.6 is 0 Å². The third-order valence-electron chi connectivity index (χ3n) is 4.71. The second kappa shape index (κ2) is 10.3. The average molecular weight is 448 g/mol. The predicted octanol–water partition coefficient (Wildman–Crippen LogP) is 2.03. The summed E-state index contributed by atoms with van der Waals surface area (Å²) in [5.74, 6) is -1.18. The van der Waals surface area contributed by atoms with Gasteiger partial charge < -0.3 is 14.5 Å². The summed E-state index contributed by atoms with van der Waals surface area (Å²) in [7, 11) is 1.80. The van der Waals surface area contributed by atoms with Crippen LogP contribution in [0.2, 0.25) is 0 Å². The summed E-state index contributed by atoms with van der Waals surface area (Å²) in [6, 6.07) is 14.6. The molecule has 0 aliphatic rings. The first-order valence-electron chi connectivity index (χ1n) is 9.68. The normalized spacial score (nSPS) is 11.0. The van der Waals surface area contributed by atoms with E-state index in [9.17, 15) is 18.0 Å². The maximum atomic E-state index is 12.3. The van der Waals surface area contributed by atoms with Crippen LogP contribution in [-0.2, 0) is 30.9 Å². The molecule has 0 aromatic heterocycles. The van der Waals surface area contributed by atoms with Gasteiger partial charge >= 0.3 is 5.97 Å².